The number of carbonyl (C=O) groups excluding carboxylic acids is 1. The van der Waals surface area contributed by atoms with Crippen molar-refractivity contribution in [3.63, 3.8) is 0 Å². The largest absolute Gasteiger partial charge is 0.352 e. The van der Waals surface area contributed by atoms with Gasteiger partial charge in [-0.2, -0.15) is 5.26 Å². The first-order valence-corrected chi connectivity index (χ1v) is 6.17. The highest BCUT2D eigenvalue weighted by atomic mass is 19.1. The van der Waals surface area contributed by atoms with Gasteiger partial charge in [-0.05, 0) is 35.4 Å². The molecule has 0 aromatic heterocycles. The predicted octanol–water partition coefficient (Wildman–Crippen LogP) is 2.56. The first-order chi connectivity index (χ1) is 9.67. The number of hydrogen-bond acceptors (Lipinski definition) is 2. The molecule has 0 aliphatic heterocycles. The number of amides is 1. The van der Waals surface area contributed by atoms with Gasteiger partial charge in [0.15, 0.2) is 0 Å². The Morgan fingerprint density at radius 1 is 1.15 bits per heavy atom. The van der Waals surface area contributed by atoms with Crippen LogP contribution in [0.4, 0.5) is 4.39 Å². The molecule has 0 saturated carbocycles. The lowest BCUT2D eigenvalue weighted by Crippen LogP contribution is -2.24. The number of carbonyl (C=O) groups is 1. The highest BCUT2D eigenvalue weighted by Gasteiger charge is 2.04. The van der Waals surface area contributed by atoms with E-state index in [1.165, 1.54) is 12.1 Å². The van der Waals surface area contributed by atoms with Crippen LogP contribution in [0, 0.1) is 17.1 Å². The Labute approximate surface area is 116 Å². The van der Waals surface area contributed by atoms with Crippen molar-refractivity contribution in [3.05, 3.63) is 71.0 Å². The summed E-state index contributed by atoms with van der Waals surface area (Å²) in [5.41, 5.74) is 2.12. The van der Waals surface area contributed by atoms with E-state index in [-0.39, 0.29) is 18.1 Å². The number of halogens is 1. The van der Waals surface area contributed by atoms with Gasteiger partial charge in [0.05, 0.1) is 18.1 Å². The van der Waals surface area contributed by atoms with Crippen LogP contribution in [0.5, 0.6) is 0 Å². The number of nitriles is 1. The molecule has 2 aromatic carbocycles. The molecule has 0 bridgehead atoms. The third kappa shape index (κ3) is 3.92. The van der Waals surface area contributed by atoms with Crippen LogP contribution in [0.15, 0.2) is 48.5 Å². The monoisotopic (exact) mass is 268 g/mol. The van der Waals surface area contributed by atoms with Crippen molar-refractivity contribution in [1.29, 1.82) is 5.26 Å². The summed E-state index contributed by atoms with van der Waals surface area (Å²) >= 11 is 0. The molecule has 1 amide bonds. The van der Waals surface area contributed by atoms with E-state index in [1.54, 1.807) is 36.4 Å². The van der Waals surface area contributed by atoms with E-state index in [2.05, 4.69) is 5.32 Å². The van der Waals surface area contributed by atoms with Gasteiger partial charge in [0.1, 0.15) is 5.82 Å². The molecule has 0 radical (unpaired) electrons. The van der Waals surface area contributed by atoms with E-state index in [0.717, 1.165) is 11.1 Å². The Bertz CT molecular complexity index is 644. The molecule has 20 heavy (non-hydrogen) atoms. The van der Waals surface area contributed by atoms with Crippen LogP contribution in [-0.2, 0) is 17.8 Å². The van der Waals surface area contributed by atoms with Crippen LogP contribution in [0.3, 0.4) is 0 Å². The van der Waals surface area contributed by atoms with Crippen molar-refractivity contribution in [2.45, 2.75) is 13.0 Å². The summed E-state index contributed by atoms with van der Waals surface area (Å²) in [7, 11) is 0. The lowest BCUT2D eigenvalue weighted by molar-refractivity contribution is -0.120. The third-order valence-electron chi connectivity index (χ3n) is 2.83. The fourth-order valence-corrected chi connectivity index (χ4v) is 1.79. The molecule has 2 rings (SSSR count). The SMILES string of the molecule is N#Cc1ccc(CC(=O)NCc2cccc(F)c2)cc1. The molecule has 100 valence electrons. The molecular weight excluding hydrogens is 255 g/mol. The quantitative estimate of drug-likeness (QED) is 0.926. The van der Waals surface area contributed by atoms with E-state index >= 15 is 0 Å². The molecule has 0 saturated heterocycles. The topological polar surface area (TPSA) is 52.9 Å². The van der Waals surface area contributed by atoms with Crippen molar-refractivity contribution in [3.8, 4) is 6.07 Å². The summed E-state index contributed by atoms with van der Waals surface area (Å²) in [6.45, 7) is 0.298. The normalized spacial score (nSPS) is 9.80. The summed E-state index contributed by atoms with van der Waals surface area (Å²) in [6.07, 6.45) is 0.237. The second kappa shape index (κ2) is 6.48. The average Bonchev–Trinajstić information content (AvgIpc) is 2.46. The number of rotatable bonds is 4. The van der Waals surface area contributed by atoms with E-state index in [0.29, 0.717) is 12.1 Å². The van der Waals surface area contributed by atoms with Crippen molar-refractivity contribution in [2.75, 3.05) is 0 Å². The first kappa shape index (κ1) is 13.8. The first-order valence-electron chi connectivity index (χ1n) is 6.17. The van der Waals surface area contributed by atoms with E-state index in [4.69, 9.17) is 5.26 Å². The molecule has 3 nitrogen and oxygen atoms in total. The molecule has 0 spiro atoms. The van der Waals surface area contributed by atoms with Gasteiger partial charge in [0.25, 0.3) is 0 Å². The van der Waals surface area contributed by atoms with Crippen LogP contribution < -0.4 is 5.32 Å². The smallest absolute Gasteiger partial charge is 0.224 e. The van der Waals surface area contributed by atoms with Crippen LogP contribution >= 0.6 is 0 Å². The van der Waals surface area contributed by atoms with Crippen LogP contribution in [0.2, 0.25) is 0 Å². The summed E-state index contributed by atoms with van der Waals surface area (Å²) in [4.78, 5) is 11.8. The Morgan fingerprint density at radius 3 is 2.55 bits per heavy atom. The van der Waals surface area contributed by atoms with E-state index < -0.39 is 0 Å². The van der Waals surface area contributed by atoms with Crippen molar-refractivity contribution >= 4 is 5.91 Å². The highest BCUT2D eigenvalue weighted by Crippen LogP contribution is 2.05. The van der Waals surface area contributed by atoms with Crippen LogP contribution in [-0.4, -0.2) is 5.91 Å². The second-order valence-electron chi connectivity index (χ2n) is 4.39. The van der Waals surface area contributed by atoms with Gasteiger partial charge < -0.3 is 5.32 Å². The lowest BCUT2D eigenvalue weighted by Gasteiger charge is -2.05. The Morgan fingerprint density at radius 2 is 1.90 bits per heavy atom. The van der Waals surface area contributed by atoms with Crippen LogP contribution in [0.25, 0.3) is 0 Å². The van der Waals surface area contributed by atoms with Gasteiger partial charge in [0, 0.05) is 6.54 Å². The van der Waals surface area contributed by atoms with Gasteiger partial charge >= 0.3 is 0 Å². The molecule has 2 aromatic rings. The fraction of sp³-hybridized carbons (Fsp3) is 0.125. The van der Waals surface area contributed by atoms with Crippen molar-refractivity contribution in [1.82, 2.24) is 5.32 Å². The van der Waals surface area contributed by atoms with Gasteiger partial charge in [0.2, 0.25) is 5.91 Å². The zero-order valence-corrected chi connectivity index (χ0v) is 10.8. The second-order valence-corrected chi connectivity index (χ2v) is 4.39. The zero-order chi connectivity index (χ0) is 14.4. The minimum absolute atomic E-state index is 0.140. The maximum Gasteiger partial charge on any atom is 0.224 e. The molecule has 0 aliphatic carbocycles. The molecule has 0 fully saturated rings. The standard InChI is InChI=1S/C16H13FN2O/c17-15-3-1-2-14(8-15)11-19-16(20)9-12-4-6-13(10-18)7-5-12/h1-8H,9,11H2,(H,19,20). The minimum atomic E-state index is -0.316. The fourth-order valence-electron chi connectivity index (χ4n) is 1.79. The van der Waals surface area contributed by atoms with Gasteiger partial charge in [-0.3, -0.25) is 4.79 Å². The van der Waals surface area contributed by atoms with Gasteiger partial charge in [-0.15, -0.1) is 0 Å². The van der Waals surface area contributed by atoms with Crippen molar-refractivity contribution < 1.29 is 9.18 Å². The minimum Gasteiger partial charge on any atom is -0.352 e. The molecule has 0 aliphatic rings. The molecule has 1 N–H and O–H groups in total. The van der Waals surface area contributed by atoms with E-state index in [1.807, 2.05) is 6.07 Å². The number of benzene rings is 2. The molecule has 4 heteroatoms. The summed E-state index contributed by atoms with van der Waals surface area (Å²) < 4.78 is 13.0. The summed E-state index contributed by atoms with van der Waals surface area (Å²) in [5.74, 6) is -0.456. The Hall–Kier alpha value is -2.67. The summed E-state index contributed by atoms with van der Waals surface area (Å²) in [5, 5.41) is 11.4. The number of nitrogens with one attached hydrogen (secondary N) is 1. The Kier molecular flexibility index (Phi) is 4.46. The molecular formula is C16H13FN2O. The van der Waals surface area contributed by atoms with Gasteiger partial charge in [-0.1, -0.05) is 24.3 Å². The van der Waals surface area contributed by atoms with E-state index in [9.17, 15) is 9.18 Å². The predicted molar refractivity (Wildman–Crippen MR) is 73.1 cm³/mol. The average molecular weight is 268 g/mol. The number of hydrogen-bond donors (Lipinski definition) is 1. The molecule has 0 atom stereocenters. The van der Waals surface area contributed by atoms with Crippen molar-refractivity contribution in [2.24, 2.45) is 0 Å². The van der Waals surface area contributed by atoms with Gasteiger partial charge in [-0.25, -0.2) is 4.39 Å². The zero-order valence-electron chi connectivity index (χ0n) is 10.8. The maximum absolute atomic E-state index is 13.0. The summed E-state index contributed by atoms with van der Waals surface area (Å²) in [6, 6.07) is 15.0. The molecule has 0 unspecified atom stereocenters. The lowest BCUT2D eigenvalue weighted by atomic mass is 10.1. The highest BCUT2D eigenvalue weighted by molar-refractivity contribution is 5.78. The van der Waals surface area contributed by atoms with Crippen LogP contribution in [0.1, 0.15) is 16.7 Å². The molecule has 0 heterocycles. The third-order valence-corrected chi connectivity index (χ3v) is 2.83. The maximum atomic E-state index is 13.0. The number of nitrogens with zero attached hydrogens (tertiary/aromatic N) is 1. The Balaban J connectivity index is 1.87.